The highest BCUT2D eigenvalue weighted by molar-refractivity contribution is 9.10. The van der Waals surface area contributed by atoms with E-state index in [1.54, 1.807) is 12.3 Å². The van der Waals surface area contributed by atoms with Crippen molar-refractivity contribution in [3.05, 3.63) is 28.0 Å². The number of pyridine rings is 1. The Balaban J connectivity index is 2.52. The SMILES string of the molecule is COC(=O)CCCC(=O)c1cc(C)c(Br)cn1. The number of ether oxygens (including phenoxy) is 1. The lowest BCUT2D eigenvalue weighted by molar-refractivity contribution is -0.140. The molecule has 0 unspecified atom stereocenters. The van der Waals surface area contributed by atoms with Gasteiger partial charge in [-0.2, -0.15) is 0 Å². The highest BCUT2D eigenvalue weighted by Gasteiger charge is 2.10. The average molecular weight is 300 g/mol. The predicted molar refractivity (Wildman–Crippen MR) is 66.9 cm³/mol. The lowest BCUT2D eigenvalue weighted by Gasteiger charge is -2.02. The third-order valence-electron chi connectivity index (χ3n) is 2.35. The van der Waals surface area contributed by atoms with Crippen molar-refractivity contribution in [2.75, 3.05) is 7.11 Å². The Kier molecular flexibility index (Phi) is 5.28. The highest BCUT2D eigenvalue weighted by Crippen LogP contribution is 2.16. The summed E-state index contributed by atoms with van der Waals surface area (Å²) in [6.07, 6.45) is 2.67. The smallest absolute Gasteiger partial charge is 0.305 e. The molecule has 4 nitrogen and oxygen atoms in total. The lowest BCUT2D eigenvalue weighted by atomic mass is 10.1. The number of esters is 1. The normalized spacial score (nSPS) is 10.1. The summed E-state index contributed by atoms with van der Waals surface area (Å²) >= 11 is 3.32. The van der Waals surface area contributed by atoms with Crippen molar-refractivity contribution in [2.24, 2.45) is 0 Å². The Hall–Kier alpha value is -1.23. The summed E-state index contributed by atoms with van der Waals surface area (Å²) < 4.78 is 5.38. The van der Waals surface area contributed by atoms with E-state index in [0.717, 1.165) is 10.0 Å². The molecular formula is C12H14BrNO3. The Labute approximate surface area is 109 Å². The lowest BCUT2D eigenvalue weighted by Crippen LogP contribution is -2.05. The van der Waals surface area contributed by atoms with Crippen LogP contribution in [0.1, 0.15) is 35.3 Å². The van der Waals surface area contributed by atoms with Crippen molar-refractivity contribution in [3.63, 3.8) is 0 Å². The number of carbonyl (C=O) groups excluding carboxylic acids is 2. The number of halogens is 1. The number of carbonyl (C=O) groups is 2. The van der Waals surface area contributed by atoms with Gasteiger partial charge in [-0.3, -0.25) is 14.6 Å². The Morgan fingerprint density at radius 2 is 2.12 bits per heavy atom. The number of aromatic nitrogens is 1. The Morgan fingerprint density at radius 3 is 2.71 bits per heavy atom. The van der Waals surface area contributed by atoms with Crippen molar-refractivity contribution in [1.29, 1.82) is 0 Å². The molecule has 0 bridgehead atoms. The fourth-order valence-electron chi connectivity index (χ4n) is 1.32. The van der Waals surface area contributed by atoms with Gasteiger partial charge in [0.2, 0.25) is 0 Å². The molecule has 0 amide bonds. The molecule has 1 rings (SSSR count). The maximum absolute atomic E-state index is 11.7. The van der Waals surface area contributed by atoms with Gasteiger partial charge in [0.25, 0.3) is 0 Å². The Bertz CT molecular complexity index is 432. The van der Waals surface area contributed by atoms with E-state index in [-0.39, 0.29) is 18.2 Å². The summed E-state index contributed by atoms with van der Waals surface area (Å²) in [6, 6.07) is 1.74. The van der Waals surface area contributed by atoms with Crippen LogP contribution in [-0.2, 0) is 9.53 Å². The molecule has 0 spiro atoms. The summed E-state index contributed by atoms with van der Waals surface area (Å²) in [5, 5.41) is 0. The zero-order chi connectivity index (χ0) is 12.8. The first kappa shape index (κ1) is 13.8. The zero-order valence-corrected chi connectivity index (χ0v) is 11.4. The first-order valence-corrected chi connectivity index (χ1v) is 6.06. The average Bonchev–Trinajstić information content (AvgIpc) is 2.32. The largest absolute Gasteiger partial charge is 0.469 e. The summed E-state index contributed by atoms with van der Waals surface area (Å²) in [4.78, 5) is 26.7. The fraction of sp³-hybridized carbons (Fsp3) is 0.417. The first-order valence-electron chi connectivity index (χ1n) is 5.26. The van der Waals surface area contributed by atoms with Crippen LogP contribution in [0.3, 0.4) is 0 Å². The van der Waals surface area contributed by atoms with Gasteiger partial charge < -0.3 is 4.74 Å². The van der Waals surface area contributed by atoms with Gasteiger partial charge in [0.1, 0.15) is 5.69 Å². The molecule has 0 aromatic carbocycles. The van der Waals surface area contributed by atoms with Crippen LogP contribution in [0.25, 0.3) is 0 Å². The van der Waals surface area contributed by atoms with Crippen LogP contribution >= 0.6 is 15.9 Å². The fourth-order valence-corrected chi connectivity index (χ4v) is 1.53. The van der Waals surface area contributed by atoms with Gasteiger partial charge in [0.05, 0.1) is 7.11 Å². The maximum Gasteiger partial charge on any atom is 0.305 e. The van der Waals surface area contributed by atoms with Gasteiger partial charge >= 0.3 is 5.97 Å². The molecule has 1 aromatic rings. The van der Waals surface area contributed by atoms with Gasteiger partial charge in [-0.25, -0.2) is 0 Å². The van der Waals surface area contributed by atoms with E-state index in [4.69, 9.17) is 0 Å². The topological polar surface area (TPSA) is 56.3 Å². The van der Waals surface area contributed by atoms with Crippen LogP contribution in [0.5, 0.6) is 0 Å². The third kappa shape index (κ3) is 4.26. The molecule has 0 N–H and O–H groups in total. The molecule has 0 aliphatic rings. The van der Waals surface area contributed by atoms with Crippen molar-refractivity contribution < 1.29 is 14.3 Å². The number of hydrogen-bond acceptors (Lipinski definition) is 4. The maximum atomic E-state index is 11.7. The molecule has 0 fully saturated rings. The highest BCUT2D eigenvalue weighted by atomic mass is 79.9. The van der Waals surface area contributed by atoms with Gasteiger partial charge in [-0.1, -0.05) is 0 Å². The standard InChI is InChI=1S/C12H14BrNO3/c1-8-6-10(14-7-9(8)13)11(15)4-3-5-12(16)17-2/h6-7H,3-5H2,1-2H3. The van der Waals surface area contributed by atoms with Crippen molar-refractivity contribution in [2.45, 2.75) is 26.2 Å². The number of rotatable bonds is 5. The minimum atomic E-state index is -0.294. The van der Waals surface area contributed by atoms with E-state index in [0.29, 0.717) is 18.5 Å². The van der Waals surface area contributed by atoms with Gasteiger partial charge in [0.15, 0.2) is 5.78 Å². The molecule has 17 heavy (non-hydrogen) atoms. The molecule has 0 atom stereocenters. The quantitative estimate of drug-likeness (QED) is 0.619. The van der Waals surface area contributed by atoms with Gasteiger partial charge in [-0.15, -0.1) is 0 Å². The van der Waals surface area contributed by atoms with Crippen molar-refractivity contribution >= 4 is 27.7 Å². The molecule has 0 saturated carbocycles. The minimum absolute atomic E-state index is 0.0514. The van der Waals surface area contributed by atoms with E-state index < -0.39 is 0 Å². The number of ketones is 1. The zero-order valence-electron chi connectivity index (χ0n) is 9.83. The molecule has 0 aliphatic carbocycles. The molecule has 1 aromatic heterocycles. The minimum Gasteiger partial charge on any atom is -0.469 e. The van der Waals surface area contributed by atoms with E-state index in [9.17, 15) is 9.59 Å². The number of Topliss-reactive ketones (excluding diaryl/α,β-unsaturated/α-hetero) is 1. The summed E-state index contributed by atoms with van der Waals surface area (Å²) in [7, 11) is 1.34. The molecule has 5 heteroatoms. The van der Waals surface area contributed by atoms with Crippen LogP contribution in [0, 0.1) is 6.92 Å². The number of hydrogen-bond donors (Lipinski definition) is 0. The van der Waals surface area contributed by atoms with Crippen molar-refractivity contribution in [1.82, 2.24) is 4.98 Å². The monoisotopic (exact) mass is 299 g/mol. The number of methoxy groups -OCH3 is 1. The van der Waals surface area contributed by atoms with E-state index in [1.165, 1.54) is 7.11 Å². The van der Waals surface area contributed by atoms with Gasteiger partial charge in [0, 0.05) is 23.5 Å². The van der Waals surface area contributed by atoms with Crippen LogP contribution in [0.4, 0.5) is 0 Å². The van der Waals surface area contributed by atoms with E-state index in [1.807, 2.05) is 6.92 Å². The second kappa shape index (κ2) is 6.49. The summed E-state index contributed by atoms with van der Waals surface area (Å²) in [5.74, 6) is -0.345. The second-order valence-electron chi connectivity index (χ2n) is 3.67. The number of nitrogens with zero attached hydrogens (tertiary/aromatic N) is 1. The van der Waals surface area contributed by atoms with Crippen LogP contribution in [0.15, 0.2) is 16.7 Å². The predicted octanol–water partition coefficient (Wildman–Crippen LogP) is 2.68. The molecule has 0 aliphatic heterocycles. The molecule has 92 valence electrons. The molecular weight excluding hydrogens is 286 g/mol. The van der Waals surface area contributed by atoms with Gasteiger partial charge in [-0.05, 0) is 40.9 Å². The first-order chi connectivity index (χ1) is 8.04. The second-order valence-corrected chi connectivity index (χ2v) is 4.53. The number of aryl methyl sites for hydroxylation is 1. The molecule has 1 heterocycles. The van der Waals surface area contributed by atoms with Crippen LogP contribution in [0.2, 0.25) is 0 Å². The van der Waals surface area contributed by atoms with Crippen LogP contribution in [-0.4, -0.2) is 23.8 Å². The molecule has 0 radical (unpaired) electrons. The van der Waals surface area contributed by atoms with Crippen LogP contribution < -0.4 is 0 Å². The Morgan fingerprint density at radius 1 is 1.41 bits per heavy atom. The van der Waals surface area contributed by atoms with E-state index in [2.05, 4.69) is 25.7 Å². The molecule has 0 saturated heterocycles. The van der Waals surface area contributed by atoms with Crippen molar-refractivity contribution in [3.8, 4) is 0 Å². The third-order valence-corrected chi connectivity index (χ3v) is 3.18. The summed E-state index contributed by atoms with van der Waals surface area (Å²) in [6.45, 7) is 1.90. The summed E-state index contributed by atoms with van der Waals surface area (Å²) in [5.41, 5.74) is 1.41. The van der Waals surface area contributed by atoms with E-state index >= 15 is 0 Å².